The second-order valence-electron chi connectivity index (χ2n) is 6.36. The summed E-state index contributed by atoms with van der Waals surface area (Å²) in [5, 5.41) is 9.20. The molecule has 19 heavy (non-hydrogen) atoms. The molecule has 102 valence electrons. The van der Waals surface area contributed by atoms with E-state index in [9.17, 15) is 9.90 Å². The second kappa shape index (κ2) is 4.66. The molecule has 1 aromatic rings. The van der Waals surface area contributed by atoms with Crippen molar-refractivity contribution in [2.24, 2.45) is 5.92 Å². The van der Waals surface area contributed by atoms with E-state index in [-0.39, 0.29) is 5.41 Å². The largest absolute Gasteiger partial charge is 0.481 e. The minimum atomic E-state index is -0.633. The van der Waals surface area contributed by atoms with E-state index < -0.39 is 5.97 Å². The molecule has 0 aliphatic heterocycles. The van der Waals surface area contributed by atoms with E-state index in [4.69, 9.17) is 0 Å². The fourth-order valence-corrected chi connectivity index (χ4v) is 4.43. The quantitative estimate of drug-likeness (QED) is 0.875. The Bertz CT molecular complexity index is 498. The van der Waals surface area contributed by atoms with Gasteiger partial charge >= 0.3 is 5.97 Å². The summed E-state index contributed by atoms with van der Waals surface area (Å²) in [6.07, 6.45) is 7.31. The summed E-state index contributed by atoms with van der Waals surface area (Å²) in [6.45, 7) is 2.14. The topological polar surface area (TPSA) is 37.3 Å². The highest BCUT2D eigenvalue weighted by Gasteiger charge is 2.46. The molecule has 2 nitrogen and oxygen atoms in total. The zero-order valence-corrected chi connectivity index (χ0v) is 11.6. The maximum Gasteiger partial charge on any atom is 0.303 e. The van der Waals surface area contributed by atoms with Crippen LogP contribution in [0.2, 0.25) is 0 Å². The van der Waals surface area contributed by atoms with Crippen molar-refractivity contribution in [1.82, 2.24) is 0 Å². The molecule has 0 aromatic heterocycles. The first-order valence-corrected chi connectivity index (χ1v) is 7.44. The first-order valence-electron chi connectivity index (χ1n) is 7.44. The molecule has 1 unspecified atom stereocenters. The Kier molecular flexibility index (Phi) is 3.12. The standard InChI is InChI=1S/C17H22O2/c1-12-4-7-15-13(10-12)5-6-14(11-16(18)19)17(15)8-2-3-9-17/h4,7,10,14H,2-3,5-6,8-9,11H2,1H3,(H,18,19). The smallest absolute Gasteiger partial charge is 0.303 e. The van der Waals surface area contributed by atoms with Crippen LogP contribution in [0.3, 0.4) is 0 Å². The average molecular weight is 258 g/mol. The van der Waals surface area contributed by atoms with Gasteiger partial charge in [-0.25, -0.2) is 0 Å². The lowest BCUT2D eigenvalue weighted by atomic mass is 9.61. The molecule has 1 fully saturated rings. The number of rotatable bonds is 2. The summed E-state index contributed by atoms with van der Waals surface area (Å²) in [6, 6.07) is 6.79. The van der Waals surface area contributed by atoms with Crippen molar-refractivity contribution in [2.75, 3.05) is 0 Å². The highest BCUT2D eigenvalue weighted by molar-refractivity contribution is 5.67. The number of aryl methyl sites for hydroxylation is 2. The van der Waals surface area contributed by atoms with Gasteiger partial charge in [0.15, 0.2) is 0 Å². The molecule has 0 amide bonds. The van der Waals surface area contributed by atoms with E-state index in [0.29, 0.717) is 12.3 Å². The summed E-state index contributed by atoms with van der Waals surface area (Å²) < 4.78 is 0. The monoisotopic (exact) mass is 258 g/mol. The van der Waals surface area contributed by atoms with Gasteiger partial charge < -0.3 is 5.11 Å². The molecule has 1 atom stereocenters. The average Bonchev–Trinajstić information content (AvgIpc) is 2.83. The molecule has 1 aromatic carbocycles. The summed E-state index contributed by atoms with van der Waals surface area (Å²) >= 11 is 0. The number of carboxylic acids is 1. The molecule has 1 spiro atoms. The van der Waals surface area contributed by atoms with Crippen LogP contribution in [0.5, 0.6) is 0 Å². The van der Waals surface area contributed by atoms with Crippen molar-refractivity contribution in [2.45, 2.75) is 57.3 Å². The molecule has 2 aliphatic rings. The predicted octanol–water partition coefficient (Wildman–Crippen LogP) is 3.84. The number of hydrogen-bond donors (Lipinski definition) is 1. The van der Waals surface area contributed by atoms with Gasteiger partial charge in [-0.05, 0) is 55.1 Å². The Morgan fingerprint density at radius 3 is 2.79 bits per heavy atom. The molecule has 0 bridgehead atoms. The van der Waals surface area contributed by atoms with Crippen molar-refractivity contribution in [1.29, 1.82) is 0 Å². The zero-order chi connectivity index (χ0) is 13.5. The minimum absolute atomic E-state index is 0.166. The first-order chi connectivity index (χ1) is 9.12. The maximum atomic E-state index is 11.2. The Balaban J connectivity index is 2.04. The molecule has 2 heteroatoms. The normalized spacial score (nSPS) is 24.4. The van der Waals surface area contributed by atoms with Gasteiger partial charge in [-0.3, -0.25) is 4.79 Å². The van der Waals surface area contributed by atoms with Crippen molar-refractivity contribution >= 4 is 5.97 Å². The molecular formula is C17H22O2. The van der Waals surface area contributed by atoms with Crippen LogP contribution in [0.15, 0.2) is 18.2 Å². The molecule has 0 heterocycles. The SMILES string of the molecule is Cc1ccc2c(c1)CCC(CC(=O)O)C21CCCC1. The number of carbonyl (C=O) groups is 1. The number of carboxylic acid groups (broad SMARTS) is 1. The Labute approximate surface area is 114 Å². The van der Waals surface area contributed by atoms with E-state index in [1.807, 2.05) is 0 Å². The molecule has 1 N–H and O–H groups in total. The molecule has 1 saturated carbocycles. The highest BCUT2D eigenvalue weighted by Crippen LogP contribution is 2.53. The number of hydrogen-bond acceptors (Lipinski definition) is 1. The van der Waals surface area contributed by atoms with Crippen molar-refractivity contribution in [3.63, 3.8) is 0 Å². The number of aliphatic carboxylic acids is 1. The maximum absolute atomic E-state index is 11.2. The lowest BCUT2D eigenvalue weighted by Gasteiger charge is -2.43. The van der Waals surface area contributed by atoms with Crippen molar-refractivity contribution in [3.8, 4) is 0 Å². The molecule has 0 radical (unpaired) electrons. The third kappa shape index (κ3) is 2.07. The fraction of sp³-hybridized carbons (Fsp3) is 0.588. The van der Waals surface area contributed by atoms with Crippen LogP contribution in [-0.4, -0.2) is 11.1 Å². The Morgan fingerprint density at radius 2 is 2.11 bits per heavy atom. The van der Waals surface area contributed by atoms with Gasteiger partial charge in [0.25, 0.3) is 0 Å². The third-order valence-electron chi connectivity index (χ3n) is 5.26. The van der Waals surface area contributed by atoms with Gasteiger partial charge in [0.1, 0.15) is 0 Å². The van der Waals surface area contributed by atoms with Gasteiger partial charge in [-0.2, -0.15) is 0 Å². The Hall–Kier alpha value is -1.31. The summed E-state index contributed by atoms with van der Waals surface area (Å²) in [7, 11) is 0. The number of benzene rings is 1. The van der Waals surface area contributed by atoms with E-state index in [1.165, 1.54) is 42.4 Å². The lowest BCUT2D eigenvalue weighted by Crippen LogP contribution is -2.38. The van der Waals surface area contributed by atoms with E-state index in [1.54, 1.807) is 0 Å². The van der Waals surface area contributed by atoms with Crippen LogP contribution in [0, 0.1) is 12.8 Å². The van der Waals surface area contributed by atoms with Crippen LogP contribution in [-0.2, 0) is 16.6 Å². The zero-order valence-electron chi connectivity index (χ0n) is 11.6. The number of fused-ring (bicyclic) bond motifs is 2. The van der Waals surface area contributed by atoms with Crippen molar-refractivity contribution in [3.05, 3.63) is 34.9 Å². The summed E-state index contributed by atoms with van der Waals surface area (Å²) in [4.78, 5) is 11.2. The van der Waals surface area contributed by atoms with Crippen molar-refractivity contribution < 1.29 is 9.90 Å². The minimum Gasteiger partial charge on any atom is -0.481 e. The van der Waals surface area contributed by atoms with E-state index in [0.717, 1.165) is 12.8 Å². The molecule has 3 rings (SSSR count). The second-order valence-corrected chi connectivity index (χ2v) is 6.36. The highest BCUT2D eigenvalue weighted by atomic mass is 16.4. The van der Waals surface area contributed by atoms with E-state index in [2.05, 4.69) is 25.1 Å². The van der Waals surface area contributed by atoms with Gasteiger partial charge in [0, 0.05) is 6.42 Å². The van der Waals surface area contributed by atoms with Gasteiger partial charge in [-0.15, -0.1) is 0 Å². The van der Waals surface area contributed by atoms with E-state index >= 15 is 0 Å². The van der Waals surface area contributed by atoms with Crippen LogP contribution < -0.4 is 0 Å². The first kappa shape index (κ1) is 12.7. The van der Waals surface area contributed by atoms with Crippen LogP contribution >= 0.6 is 0 Å². The predicted molar refractivity (Wildman–Crippen MR) is 75.4 cm³/mol. The van der Waals surface area contributed by atoms with Gasteiger partial charge in [0.2, 0.25) is 0 Å². The Morgan fingerprint density at radius 1 is 1.37 bits per heavy atom. The third-order valence-corrected chi connectivity index (χ3v) is 5.26. The van der Waals surface area contributed by atoms with Gasteiger partial charge in [0.05, 0.1) is 0 Å². The molecular weight excluding hydrogens is 236 g/mol. The molecule has 0 saturated heterocycles. The summed E-state index contributed by atoms with van der Waals surface area (Å²) in [5.41, 5.74) is 4.43. The van der Waals surface area contributed by atoms with Crippen LogP contribution in [0.1, 0.15) is 55.2 Å². The van der Waals surface area contributed by atoms with Crippen LogP contribution in [0.25, 0.3) is 0 Å². The lowest BCUT2D eigenvalue weighted by molar-refractivity contribution is -0.138. The summed E-state index contributed by atoms with van der Waals surface area (Å²) in [5.74, 6) is -0.297. The molecule has 2 aliphatic carbocycles. The van der Waals surface area contributed by atoms with Gasteiger partial charge in [-0.1, -0.05) is 36.6 Å². The fourth-order valence-electron chi connectivity index (χ4n) is 4.43. The van der Waals surface area contributed by atoms with Crippen LogP contribution in [0.4, 0.5) is 0 Å².